The molecule has 1 heteroatoms. The molecule has 92 valence electrons. The Kier molecular flexibility index (Phi) is 3.13. The van der Waals surface area contributed by atoms with Gasteiger partial charge in [-0.3, -0.25) is 0 Å². The Balaban J connectivity index is 2.21. The van der Waals surface area contributed by atoms with Gasteiger partial charge in [-0.1, -0.05) is 66.7 Å². The van der Waals surface area contributed by atoms with Crippen molar-refractivity contribution in [3.8, 4) is 22.3 Å². The van der Waals surface area contributed by atoms with E-state index in [0.717, 1.165) is 5.69 Å². The predicted molar refractivity (Wildman–Crippen MR) is 79.9 cm³/mol. The first kappa shape index (κ1) is 11.7. The average Bonchev–Trinajstić information content (AvgIpc) is 2.49. The molecule has 0 fully saturated rings. The fraction of sp³-hybridized carbons (Fsp3) is 0. The molecule has 1 nitrogen and oxygen atoms in total. The molecule has 3 aromatic rings. The summed E-state index contributed by atoms with van der Waals surface area (Å²) in [6.45, 7) is 0. The van der Waals surface area contributed by atoms with Gasteiger partial charge in [-0.15, -0.1) is 0 Å². The SMILES string of the molecule is [NH3+]c1ccccc1-c1ccccc1-c1ccccc1. The summed E-state index contributed by atoms with van der Waals surface area (Å²) in [5.74, 6) is 0. The highest BCUT2D eigenvalue weighted by atomic mass is 14.6. The van der Waals surface area contributed by atoms with Gasteiger partial charge in [0.1, 0.15) is 5.69 Å². The lowest BCUT2D eigenvalue weighted by molar-refractivity contribution is -0.253. The Morgan fingerprint density at radius 1 is 0.474 bits per heavy atom. The van der Waals surface area contributed by atoms with Crippen LogP contribution in [-0.2, 0) is 0 Å². The van der Waals surface area contributed by atoms with Crippen molar-refractivity contribution >= 4 is 5.69 Å². The molecule has 0 aromatic heterocycles. The summed E-state index contributed by atoms with van der Waals surface area (Å²) < 4.78 is 0. The molecular weight excluding hydrogens is 230 g/mol. The molecule has 0 atom stereocenters. The fourth-order valence-electron chi connectivity index (χ4n) is 2.37. The summed E-state index contributed by atoms with van der Waals surface area (Å²) in [6.07, 6.45) is 0. The molecule has 0 unspecified atom stereocenters. The Hall–Kier alpha value is -2.38. The molecule has 19 heavy (non-hydrogen) atoms. The third-order valence-electron chi connectivity index (χ3n) is 3.32. The minimum Gasteiger partial charge on any atom is -0.325 e. The number of rotatable bonds is 2. The van der Waals surface area contributed by atoms with Crippen LogP contribution in [0, 0.1) is 0 Å². The maximum atomic E-state index is 4.13. The molecule has 0 saturated heterocycles. The number of hydrogen-bond donors (Lipinski definition) is 1. The Labute approximate surface area is 113 Å². The van der Waals surface area contributed by atoms with E-state index in [0.29, 0.717) is 0 Å². The van der Waals surface area contributed by atoms with E-state index >= 15 is 0 Å². The molecular formula is C18H16N+. The molecule has 0 saturated carbocycles. The highest BCUT2D eigenvalue weighted by Crippen LogP contribution is 2.34. The van der Waals surface area contributed by atoms with E-state index in [4.69, 9.17) is 0 Å². The number of quaternary nitrogens is 1. The molecule has 0 aliphatic carbocycles. The summed E-state index contributed by atoms with van der Waals surface area (Å²) in [7, 11) is 0. The van der Waals surface area contributed by atoms with Gasteiger partial charge in [-0.05, 0) is 28.8 Å². The van der Waals surface area contributed by atoms with E-state index in [1.807, 2.05) is 12.1 Å². The summed E-state index contributed by atoms with van der Waals surface area (Å²) in [6, 6.07) is 27.2. The summed E-state index contributed by atoms with van der Waals surface area (Å²) >= 11 is 0. The second-order valence-corrected chi connectivity index (χ2v) is 4.57. The van der Waals surface area contributed by atoms with E-state index in [1.54, 1.807) is 0 Å². The minimum absolute atomic E-state index is 1.06. The first-order valence-corrected chi connectivity index (χ1v) is 6.42. The largest absolute Gasteiger partial charge is 0.325 e. The molecule has 3 N–H and O–H groups in total. The second-order valence-electron chi connectivity index (χ2n) is 4.57. The van der Waals surface area contributed by atoms with Crippen molar-refractivity contribution in [2.75, 3.05) is 0 Å². The molecule has 0 bridgehead atoms. The number of benzene rings is 3. The fourth-order valence-corrected chi connectivity index (χ4v) is 2.37. The van der Waals surface area contributed by atoms with Crippen LogP contribution in [0.3, 0.4) is 0 Å². The van der Waals surface area contributed by atoms with Crippen LogP contribution in [0.15, 0.2) is 78.9 Å². The molecule has 0 spiro atoms. The summed E-state index contributed by atoms with van der Waals surface area (Å²) in [5, 5.41) is 0. The van der Waals surface area contributed by atoms with Crippen LogP contribution in [0.5, 0.6) is 0 Å². The maximum Gasteiger partial charge on any atom is 0.135 e. The zero-order valence-corrected chi connectivity index (χ0v) is 10.7. The molecule has 0 amide bonds. The minimum atomic E-state index is 1.06. The predicted octanol–water partition coefficient (Wildman–Crippen LogP) is 3.89. The molecule has 0 heterocycles. The van der Waals surface area contributed by atoms with Gasteiger partial charge in [0.2, 0.25) is 0 Å². The van der Waals surface area contributed by atoms with E-state index in [2.05, 4.69) is 72.5 Å². The quantitative estimate of drug-likeness (QED) is 0.710. The lowest BCUT2D eigenvalue weighted by Crippen LogP contribution is -2.40. The average molecular weight is 246 g/mol. The maximum absolute atomic E-state index is 4.13. The van der Waals surface area contributed by atoms with Crippen LogP contribution in [0.25, 0.3) is 22.3 Å². The van der Waals surface area contributed by atoms with Crippen LogP contribution in [0.1, 0.15) is 0 Å². The molecule has 3 aromatic carbocycles. The Morgan fingerprint density at radius 2 is 1.00 bits per heavy atom. The van der Waals surface area contributed by atoms with Crippen LogP contribution >= 0.6 is 0 Å². The van der Waals surface area contributed by atoms with E-state index in [1.165, 1.54) is 22.3 Å². The smallest absolute Gasteiger partial charge is 0.135 e. The first-order valence-electron chi connectivity index (χ1n) is 6.42. The molecule has 0 aliphatic rings. The number of hydrogen-bond acceptors (Lipinski definition) is 0. The van der Waals surface area contributed by atoms with E-state index < -0.39 is 0 Å². The van der Waals surface area contributed by atoms with Crippen LogP contribution in [-0.4, -0.2) is 0 Å². The van der Waals surface area contributed by atoms with Crippen LogP contribution in [0.2, 0.25) is 0 Å². The molecule has 3 rings (SSSR count). The Bertz CT molecular complexity index is 687. The molecule has 0 aliphatic heterocycles. The van der Waals surface area contributed by atoms with E-state index in [9.17, 15) is 0 Å². The summed E-state index contributed by atoms with van der Waals surface area (Å²) in [5.41, 5.74) is 10.1. The monoisotopic (exact) mass is 246 g/mol. The van der Waals surface area contributed by atoms with Crippen LogP contribution < -0.4 is 5.73 Å². The van der Waals surface area contributed by atoms with Crippen molar-refractivity contribution in [2.24, 2.45) is 0 Å². The first-order chi connectivity index (χ1) is 9.36. The highest BCUT2D eigenvalue weighted by Gasteiger charge is 2.10. The van der Waals surface area contributed by atoms with Gasteiger partial charge in [-0.25, -0.2) is 0 Å². The van der Waals surface area contributed by atoms with Gasteiger partial charge in [0.15, 0.2) is 0 Å². The summed E-state index contributed by atoms with van der Waals surface area (Å²) in [4.78, 5) is 0. The lowest BCUT2D eigenvalue weighted by Gasteiger charge is -2.10. The third kappa shape index (κ3) is 2.28. The van der Waals surface area contributed by atoms with Gasteiger partial charge in [0.25, 0.3) is 0 Å². The molecule has 0 radical (unpaired) electrons. The third-order valence-corrected chi connectivity index (χ3v) is 3.32. The van der Waals surface area contributed by atoms with E-state index in [-0.39, 0.29) is 0 Å². The van der Waals surface area contributed by atoms with Crippen molar-refractivity contribution in [1.82, 2.24) is 0 Å². The van der Waals surface area contributed by atoms with Gasteiger partial charge < -0.3 is 5.73 Å². The zero-order chi connectivity index (χ0) is 13.1. The second kappa shape index (κ2) is 5.09. The Morgan fingerprint density at radius 3 is 1.68 bits per heavy atom. The van der Waals surface area contributed by atoms with Crippen molar-refractivity contribution in [1.29, 1.82) is 0 Å². The topological polar surface area (TPSA) is 27.6 Å². The van der Waals surface area contributed by atoms with Crippen LogP contribution in [0.4, 0.5) is 5.69 Å². The lowest BCUT2D eigenvalue weighted by atomic mass is 9.94. The highest BCUT2D eigenvalue weighted by molar-refractivity contribution is 5.86. The van der Waals surface area contributed by atoms with Gasteiger partial charge in [-0.2, -0.15) is 0 Å². The zero-order valence-electron chi connectivity index (χ0n) is 10.7. The van der Waals surface area contributed by atoms with Gasteiger partial charge in [0, 0.05) is 5.56 Å². The van der Waals surface area contributed by atoms with Gasteiger partial charge in [0.05, 0.1) is 0 Å². The normalized spacial score (nSPS) is 10.4. The van der Waals surface area contributed by atoms with Crippen molar-refractivity contribution in [3.63, 3.8) is 0 Å². The van der Waals surface area contributed by atoms with Crippen molar-refractivity contribution in [2.45, 2.75) is 0 Å². The van der Waals surface area contributed by atoms with Crippen molar-refractivity contribution < 1.29 is 5.73 Å². The standard InChI is InChI=1S/C18H15N/c19-18-13-7-6-12-17(18)16-11-5-4-10-15(16)14-8-2-1-3-9-14/h1-13H,19H2/p+1. The van der Waals surface area contributed by atoms with Crippen molar-refractivity contribution in [3.05, 3.63) is 78.9 Å². The van der Waals surface area contributed by atoms with Gasteiger partial charge >= 0.3 is 0 Å².